The third kappa shape index (κ3) is 4.74. The minimum atomic E-state index is 0.267. The highest BCUT2D eigenvalue weighted by molar-refractivity contribution is 6.01. The summed E-state index contributed by atoms with van der Waals surface area (Å²) in [6.45, 7) is 0. The minimum absolute atomic E-state index is 0.267. The van der Waals surface area contributed by atoms with Crippen molar-refractivity contribution in [1.29, 1.82) is 0 Å². The molecule has 5 aromatic rings. The molecule has 0 bridgehead atoms. The van der Waals surface area contributed by atoms with Gasteiger partial charge in [0.1, 0.15) is 0 Å². The lowest BCUT2D eigenvalue weighted by molar-refractivity contribution is 0.687. The van der Waals surface area contributed by atoms with Crippen LogP contribution in [0.4, 0.5) is 0 Å². The average Bonchev–Trinajstić information content (AvgIpc) is 3.10. The monoisotopic (exact) mass is 562 g/mol. The molecular weight excluding hydrogens is 528 g/mol. The number of rotatable bonds is 5. The van der Waals surface area contributed by atoms with Crippen LogP contribution in [0.25, 0.3) is 39.6 Å². The molecule has 44 heavy (non-hydrogen) atoms. The van der Waals surface area contributed by atoms with Crippen LogP contribution in [-0.2, 0) is 0 Å². The van der Waals surface area contributed by atoms with E-state index in [0.717, 1.165) is 12.8 Å². The molecule has 2 unspecified atom stereocenters. The fraction of sp³-hybridized carbons (Fsp3) is 0.0909. The predicted octanol–water partition coefficient (Wildman–Crippen LogP) is 9.51. The maximum atomic E-state index is 2.41. The van der Waals surface area contributed by atoms with Crippen LogP contribution in [0.2, 0.25) is 0 Å². The smallest absolute Gasteiger partial charge is 0.0137 e. The van der Waals surface area contributed by atoms with E-state index in [1.807, 2.05) is 0 Å². The summed E-state index contributed by atoms with van der Waals surface area (Å²) in [5.74, 6) is 0.553. The molecule has 0 amide bonds. The van der Waals surface area contributed by atoms with Gasteiger partial charge in [0.15, 0.2) is 0 Å². The van der Waals surface area contributed by atoms with E-state index in [-0.39, 0.29) is 11.8 Å². The number of hydrogen-bond donors (Lipinski definition) is 0. The molecule has 0 spiro atoms. The van der Waals surface area contributed by atoms with Crippen molar-refractivity contribution in [3.63, 3.8) is 0 Å². The van der Waals surface area contributed by atoms with Gasteiger partial charge in [-0.05, 0) is 78.6 Å². The van der Waals surface area contributed by atoms with Crippen LogP contribution in [0, 0.1) is 11.8 Å². The molecule has 0 aromatic heterocycles. The van der Waals surface area contributed by atoms with Crippen molar-refractivity contribution in [1.82, 2.24) is 0 Å². The Morgan fingerprint density at radius 3 is 1.95 bits per heavy atom. The van der Waals surface area contributed by atoms with Gasteiger partial charge in [0.2, 0.25) is 0 Å². The zero-order valence-electron chi connectivity index (χ0n) is 24.7. The number of allylic oxidation sites excluding steroid dienone is 8. The van der Waals surface area contributed by atoms with Crippen molar-refractivity contribution in [2.45, 2.75) is 12.8 Å². The van der Waals surface area contributed by atoms with E-state index >= 15 is 0 Å². The van der Waals surface area contributed by atoms with Crippen LogP contribution < -0.4 is 10.4 Å². The van der Waals surface area contributed by atoms with E-state index in [0.29, 0.717) is 0 Å². The fourth-order valence-electron chi connectivity index (χ4n) is 7.30. The van der Waals surface area contributed by atoms with Crippen molar-refractivity contribution in [2.75, 3.05) is 0 Å². The van der Waals surface area contributed by atoms with Crippen LogP contribution in [0.5, 0.6) is 0 Å². The molecule has 0 saturated carbocycles. The Bertz CT molecular complexity index is 2150. The maximum absolute atomic E-state index is 2.41. The first-order chi connectivity index (χ1) is 21.8. The Kier molecular flexibility index (Phi) is 6.89. The van der Waals surface area contributed by atoms with Gasteiger partial charge >= 0.3 is 0 Å². The summed E-state index contributed by atoms with van der Waals surface area (Å²) in [6, 6.07) is 42.5. The third-order valence-electron chi connectivity index (χ3n) is 9.39. The Hall–Kier alpha value is -5.20. The van der Waals surface area contributed by atoms with Crippen molar-refractivity contribution in [3.05, 3.63) is 196 Å². The molecule has 0 radical (unpaired) electrons. The summed E-state index contributed by atoms with van der Waals surface area (Å²) >= 11 is 0. The molecule has 0 saturated heterocycles. The second-order valence-electron chi connectivity index (χ2n) is 11.9. The first kappa shape index (κ1) is 26.4. The molecule has 0 heterocycles. The summed E-state index contributed by atoms with van der Waals surface area (Å²) in [7, 11) is 0. The quantitative estimate of drug-likeness (QED) is 0.187. The van der Waals surface area contributed by atoms with Crippen molar-refractivity contribution < 1.29 is 0 Å². The molecule has 8 rings (SSSR count). The Morgan fingerprint density at radius 2 is 1.20 bits per heavy atom. The SMILES string of the molecule is C1=CCCC(c2ccc(C=Cc3ccc(C4=c5ccccc5=C(c5ccccc5)C5C=CC=CC45)c4ccccc34)cc2)=C1. The van der Waals surface area contributed by atoms with E-state index < -0.39 is 0 Å². The first-order valence-corrected chi connectivity index (χ1v) is 15.8. The van der Waals surface area contributed by atoms with Gasteiger partial charge < -0.3 is 0 Å². The Balaban J connectivity index is 1.26. The van der Waals surface area contributed by atoms with Gasteiger partial charge in [0.25, 0.3) is 0 Å². The van der Waals surface area contributed by atoms with E-state index in [1.165, 1.54) is 65.7 Å². The van der Waals surface area contributed by atoms with Crippen LogP contribution in [0.15, 0.2) is 158 Å². The zero-order chi connectivity index (χ0) is 29.3. The topological polar surface area (TPSA) is 0 Å². The molecule has 0 heteroatoms. The fourth-order valence-corrected chi connectivity index (χ4v) is 7.30. The van der Waals surface area contributed by atoms with Gasteiger partial charge in [-0.3, -0.25) is 0 Å². The molecule has 0 N–H and O–H groups in total. The highest BCUT2D eigenvalue weighted by Crippen LogP contribution is 2.42. The maximum Gasteiger partial charge on any atom is 0.0137 e. The van der Waals surface area contributed by atoms with E-state index in [9.17, 15) is 0 Å². The normalized spacial score (nSPS) is 18.9. The Labute approximate surface area is 259 Å². The molecule has 0 aliphatic heterocycles. The van der Waals surface area contributed by atoms with E-state index in [1.54, 1.807) is 0 Å². The van der Waals surface area contributed by atoms with Crippen LogP contribution in [0.3, 0.4) is 0 Å². The zero-order valence-corrected chi connectivity index (χ0v) is 24.7. The van der Waals surface area contributed by atoms with Gasteiger partial charge in [-0.2, -0.15) is 0 Å². The van der Waals surface area contributed by atoms with Crippen LogP contribution in [-0.4, -0.2) is 0 Å². The largest absolute Gasteiger partial charge is 0.0842 e. The second-order valence-corrected chi connectivity index (χ2v) is 11.9. The van der Waals surface area contributed by atoms with Crippen LogP contribution >= 0.6 is 0 Å². The van der Waals surface area contributed by atoms with Gasteiger partial charge in [0.05, 0.1) is 0 Å². The first-order valence-electron chi connectivity index (χ1n) is 15.8. The lowest BCUT2D eigenvalue weighted by Crippen LogP contribution is -2.40. The van der Waals surface area contributed by atoms with Gasteiger partial charge in [0, 0.05) is 11.8 Å². The molecule has 0 fully saturated rings. The van der Waals surface area contributed by atoms with E-state index in [2.05, 4.69) is 170 Å². The molecule has 3 aliphatic carbocycles. The molecule has 210 valence electrons. The van der Waals surface area contributed by atoms with Gasteiger partial charge in [-0.1, -0.05) is 170 Å². The Morgan fingerprint density at radius 1 is 0.523 bits per heavy atom. The minimum Gasteiger partial charge on any atom is -0.0842 e. The van der Waals surface area contributed by atoms with Crippen molar-refractivity contribution in [3.8, 4) is 0 Å². The molecule has 5 aromatic carbocycles. The average molecular weight is 563 g/mol. The molecular formula is C44H34. The second kappa shape index (κ2) is 11.5. The highest BCUT2D eigenvalue weighted by Gasteiger charge is 2.32. The highest BCUT2D eigenvalue weighted by atomic mass is 14.3. The van der Waals surface area contributed by atoms with Crippen LogP contribution in [0.1, 0.15) is 40.7 Å². The van der Waals surface area contributed by atoms with Crippen molar-refractivity contribution in [2.24, 2.45) is 11.8 Å². The molecule has 3 aliphatic rings. The summed E-state index contributed by atoms with van der Waals surface area (Å²) in [5, 5.41) is 5.26. The lowest BCUT2D eigenvalue weighted by atomic mass is 9.69. The van der Waals surface area contributed by atoms with Crippen molar-refractivity contribution >= 4 is 39.6 Å². The summed E-state index contributed by atoms with van der Waals surface area (Å²) in [6.07, 6.45) is 22.7. The number of benzene rings is 5. The lowest BCUT2D eigenvalue weighted by Gasteiger charge is -2.33. The number of fused-ring (bicyclic) bond motifs is 3. The van der Waals surface area contributed by atoms with Gasteiger partial charge in [-0.25, -0.2) is 0 Å². The van der Waals surface area contributed by atoms with Gasteiger partial charge in [-0.15, -0.1) is 0 Å². The summed E-state index contributed by atoms with van der Waals surface area (Å²) < 4.78 is 0. The third-order valence-corrected chi connectivity index (χ3v) is 9.39. The summed E-state index contributed by atoms with van der Waals surface area (Å²) in [5.41, 5.74) is 10.7. The standard InChI is InChI=1S/C44H34/c1-3-13-32(14-4-1)33-26-23-31(24-27-33)25-28-34-29-30-42(37-18-8-7-17-36(34)37)44-40-21-11-9-19-38(40)43(35-15-5-2-6-16-35)39-20-10-12-22-41(39)44/h1-3,5-13,15-30,38,40H,4,14H2. The summed E-state index contributed by atoms with van der Waals surface area (Å²) in [4.78, 5) is 0. The molecule has 2 atom stereocenters. The molecule has 0 nitrogen and oxygen atoms in total. The number of hydrogen-bond acceptors (Lipinski definition) is 0. The predicted molar refractivity (Wildman–Crippen MR) is 188 cm³/mol. The van der Waals surface area contributed by atoms with E-state index in [4.69, 9.17) is 0 Å².